The van der Waals surface area contributed by atoms with E-state index in [-0.39, 0.29) is 25.2 Å². The van der Waals surface area contributed by atoms with E-state index in [4.69, 9.17) is 4.74 Å². The highest BCUT2D eigenvalue weighted by Gasteiger charge is 2.12. The summed E-state index contributed by atoms with van der Waals surface area (Å²) in [5.74, 6) is -1.06. The maximum Gasteiger partial charge on any atom is 0.306 e. The number of thiophene rings is 1. The zero-order valence-corrected chi connectivity index (χ0v) is 13.5. The van der Waals surface area contributed by atoms with Crippen LogP contribution in [0, 0.1) is 6.92 Å². The van der Waals surface area contributed by atoms with Gasteiger partial charge in [-0.15, -0.1) is 11.3 Å². The minimum atomic E-state index is -0.560. The molecule has 0 unspecified atom stereocenters. The number of rotatable bonds is 7. The molecule has 2 rings (SSSR count). The molecule has 1 N–H and O–H groups in total. The quantitative estimate of drug-likeness (QED) is 0.624. The van der Waals surface area contributed by atoms with Gasteiger partial charge >= 0.3 is 5.97 Å². The number of esters is 1. The second kappa shape index (κ2) is 8.24. The normalized spacial score (nSPS) is 10.1. The molecule has 6 heteroatoms. The van der Waals surface area contributed by atoms with Crippen LogP contribution in [0.25, 0.3) is 0 Å². The minimum absolute atomic E-state index is 0.0334. The van der Waals surface area contributed by atoms with Crippen LogP contribution in [-0.4, -0.2) is 24.3 Å². The SMILES string of the molecule is Cc1ccccc1NC(=O)COC(=O)CCC(=O)c1cccs1. The Bertz CT molecular complexity index is 694. The summed E-state index contributed by atoms with van der Waals surface area (Å²) in [6.07, 6.45) is 0.0487. The highest BCUT2D eigenvalue weighted by molar-refractivity contribution is 7.12. The second-order valence-corrected chi connectivity index (χ2v) is 5.87. The fourth-order valence-corrected chi connectivity index (χ4v) is 2.59. The lowest BCUT2D eigenvalue weighted by molar-refractivity contribution is -0.147. The fourth-order valence-electron chi connectivity index (χ4n) is 1.89. The van der Waals surface area contributed by atoms with Gasteiger partial charge in [-0.05, 0) is 30.0 Å². The van der Waals surface area contributed by atoms with Gasteiger partial charge in [0.15, 0.2) is 12.4 Å². The van der Waals surface area contributed by atoms with Gasteiger partial charge in [0, 0.05) is 12.1 Å². The first-order chi connectivity index (χ1) is 11.1. The number of aryl methyl sites for hydroxylation is 1. The number of anilines is 1. The predicted molar refractivity (Wildman–Crippen MR) is 88.7 cm³/mol. The fraction of sp³-hybridized carbons (Fsp3) is 0.235. The van der Waals surface area contributed by atoms with Crippen molar-refractivity contribution in [1.29, 1.82) is 0 Å². The van der Waals surface area contributed by atoms with E-state index < -0.39 is 11.9 Å². The molecular weight excluding hydrogens is 314 g/mol. The summed E-state index contributed by atoms with van der Waals surface area (Å²) in [5.41, 5.74) is 1.61. The summed E-state index contributed by atoms with van der Waals surface area (Å²) >= 11 is 1.34. The van der Waals surface area contributed by atoms with Crippen molar-refractivity contribution in [2.45, 2.75) is 19.8 Å². The summed E-state index contributed by atoms with van der Waals surface area (Å²) in [6.45, 7) is 1.51. The molecule has 2 aromatic rings. The molecule has 1 amide bonds. The lowest BCUT2D eigenvalue weighted by atomic mass is 10.2. The summed E-state index contributed by atoms with van der Waals surface area (Å²) in [4.78, 5) is 35.7. The third-order valence-corrected chi connectivity index (χ3v) is 4.05. The Balaban J connectivity index is 1.71. The van der Waals surface area contributed by atoms with Crippen molar-refractivity contribution in [3.63, 3.8) is 0 Å². The van der Waals surface area contributed by atoms with Crippen molar-refractivity contribution < 1.29 is 19.1 Å². The number of ether oxygens (including phenoxy) is 1. The number of carbonyl (C=O) groups is 3. The Morgan fingerprint density at radius 3 is 2.57 bits per heavy atom. The standard InChI is InChI=1S/C17H17NO4S/c1-12-5-2-3-6-13(12)18-16(20)11-22-17(21)9-8-14(19)15-7-4-10-23-15/h2-7,10H,8-9,11H2,1H3,(H,18,20). The van der Waals surface area contributed by atoms with E-state index in [9.17, 15) is 14.4 Å². The van der Waals surface area contributed by atoms with Crippen LogP contribution in [0.15, 0.2) is 41.8 Å². The number of Topliss-reactive ketones (excluding diaryl/α,β-unsaturated/α-hetero) is 1. The van der Waals surface area contributed by atoms with Gasteiger partial charge in [0.25, 0.3) is 5.91 Å². The minimum Gasteiger partial charge on any atom is -0.456 e. The largest absolute Gasteiger partial charge is 0.456 e. The van der Waals surface area contributed by atoms with Crippen LogP contribution in [0.3, 0.4) is 0 Å². The van der Waals surface area contributed by atoms with Gasteiger partial charge in [0.1, 0.15) is 0 Å². The Labute approximate surface area is 138 Å². The van der Waals surface area contributed by atoms with Crippen LogP contribution >= 0.6 is 11.3 Å². The number of hydrogen-bond donors (Lipinski definition) is 1. The van der Waals surface area contributed by atoms with Crippen LogP contribution < -0.4 is 5.32 Å². The first kappa shape index (κ1) is 16.9. The number of benzene rings is 1. The molecule has 0 saturated heterocycles. The van der Waals surface area contributed by atoms with Crippen LogP contribution in [0.4, 0.5) is 5.69 Å². The molecule has 0 spiro atoms. The van der Waals surface area contributed by atoms with E-state index in [1.165, 1.54) is 11.3 Å². The smallest absolute Gasteiger partial charge is 0.306 e. The number of hydrogen-bond acceptors (Lipinski definition) is 5. The molecule has 0 atom stereocenters. The summed E-state index contributed by atoms with van der Waals surface area (Å²) in [6, 6.07) is 10.8. The van der Waals surface area contributed by atoms with Crippen molar-refractivity contribution in [1.82, 2.24) is 0 Å². The van der Waals surface area contributed by atoms with E-state index in [1.54, 1.807) is 18.2 Å². The molecule has 0 aliphatic carbocycles. The molecule has 1 aromatic heterocycles. The van der Waals surface area contributed by atoms with Crippen molar-refractivity contribution in [3.8, 4) is 0 Å². The van der Waals surface area contributed by atoms with Gasteiger partial charge < -0.3 is 10.1 Å². The van der Waals surface area contributed by atoms with Gasteiger partial charge in [-0.1, -0.05) is 24.3 Å². The first-order valence-electron chi connectivity index (χ1n) is 7.14. The van der Waals surface area contributed by atoms with Crippen LogP contribution in [0.1, 0.15) is 28.1 Å². The van der Waals surface area contributed by atoms with Crippen molar-refractivity contribution in [2.24, 2.45) is 0 Å². The molecule has 120 valence electrons. The Kier molecular flexibility index (Phi) is 6.05. The molecule has 0 aliphatic heterocycles. The molecule has 0 aliphatic rings. The monoisotopic (exact) mass is 331 g/mol. The van der Waals surface area contributed by atoms with Gasteiger partial charge in [-0.25, -0.2) is 0 Å². The van der Waals surface area contributed by atoms with Gasteiger partial charge in [0.2, 0.25) is 0 Å². The molecule has 1 aromatic carbocycles. The Morgan fingerprint density at radius 2 is 1.87 bits per heavy atom. The Morgan fingerprint density at radius 1 is 1.09 bits per heavy atom. The first-order valence-corrected chi connectivity index (χ1v) is 8.02. The van der Waals surface area contributed by atoms with E-state index in [2.05, 4.69) is 5.32 Å². The van der Waals surface area contributed by atoms with Crippen LogP contribution in [-0.2, 0) is 14.3 Å². The second-order valence-electron chi connectivity index (χ2n) is 4.92. The van der Waals surface area contributed by atoms with E-state index in [0.29, 0.717) is 10.6 Å². The average Bonchev–Trinajstić information content (AvgIpc) is 3.07. The highest BCUT2D eigenvalue weighted by Crippen LogP contribution is 2.14. The summed E-state index contributed by atoms with van der Waals surface area (Å²) in [5, 5.41) is 4.48. The molecule has 23 heavy (non-hydrogen) atoms. The zero-order chi connectivity index (χ0) is 16.7. The number of amides is 1. The number of nitrogens with one attached hydrogen (secondary N) is 1. The molecule has 0 bridgehead atoms. The maximum atomic E-state index is 11.8. The van der Waals surface area contributed by atoms with Gasteiger partial charge in [0.05, 0.1) is 11.3 Å². The molecule has 0 radical (unpaired) electrons. The van der Waals surface area contributed by atoms with E-state index >= 15 is 0 Å². The topological polar surface area (TPSA) is 72.5 Å². The number of carbonyl (C=O) groups excluding carboxylic acids is 3. The van der Waals surface area contributed by atoms with Gasteiger partial charge in [-0.3, -0.25) is 14.4 Å². The molecule has 0 fully saturated rings. The molecule has 0 saturated carbocycles. The number of ketones is 1. The lowest BCUT2D eigenvalue weighted by Crippen LogP contribution is -2.21. The van der Waals surface area contributed by atoms with Crippen molar-refractivity contribution in [2.75, 3.05) is 11.9 Å². The number of para-hydroxylation sites is 1. The van der Waals surface area contributed by atoms with Crippen LogP contribution in [0.5, 0.6) is 0 Å². The molecule has 5 nitrogen and oxygen atoms in total. The third-order valence-electron chi connectivity index (χ3n) is 3.14. The highest BCUT2D eigenvalue weighted by atomic mass is 32.1. The maximum absolute atomic E-state index is 11.8. The summed E-state index contributed by atoms with van der Waals surface area (Å²) < 4.78 is 4.88. The molecule has 1 heterocycles. The van der Waals surface area contributed by atoms with Crippen molar-refractivity contribution in [3.05, 3.63) is 52.2 Å². The average molecular weight is 331 g/mol. The lowest BCUT2D eigenvalue weighted by Gasteiger charge is -2.08. The van der Waals surface area contributed by atoms with Crippen molar-refractivity contribution >= 4 is 34.7 Å². The van der Waals surface area contributed by atoms with E-state index in [0.717, 1.165) is 5.56 Å². The van der Waals surface area contributed by atoms with Gasteiger partial charge in [-0.2, -0.15) is 0 Å². The summed E-state index contributed by atoms with van der Waals surface area (Å²) in [7, 11) is 0. The Hall–Kier alpha value is -2.47. The third kappa shape index (κ3) is 5.34. The zero-order valence-electron chi connectivity index (χ0n) is 12.7. The predicted octanol–water partition coefficient (Wildman–Crippen LogP) is 3.20. The van der Waals surface area contributed by atoms with E-state index in [1.807, 2.05) is 30.5 Å². The van der Waals surface area contributed by atoms with Crippen LogP contribution in [0.2, 0.25) is 0 Å². The molecular formula is C17H17NO4S.